The zero-order valence-corrected chi connectivity index (χ0v) is 15.4. The quantitative estimate of drug-likeness (QED) is 0.506. The highest BCUT2D eigenvalue weighted by atomic mass is 79.9. The Morgan fingerprint density at radius 1 is 1.21 bits per heavy atom. The van der Waals surface area contributed by atoms with Crippen molar-refractivity contribution in [3.63, 3.8) is 0 Å². The minimum absolute atomic E-state index is 0.153. The summed E-state index contributed by atoms with van der Waals surface area (Å²) in [5, 5.41) is 0.856. The van der Waals surface area contributed by atoms with Crippen molar-refractivity contribution >= 4 is 57.1 Å². The summed E-state index contributed by atoms with van der Waals surface area (Å²) in [7, 11) is 1.58. The lowest BCUT2D eigenvalue weighted by Crippen LogP contribution is -2.05. The Kier molecular flexibility index (Phi) is 4.94. The molecule has 1 aliphatic heterocycles. The number of methoxy groups -OCH3 is 1. The third kappa shape index (κ3) is 3.48. The molecule has 2 aromatic carbocycles. The third-order valence-corrected chi connectivity index (χ3v) is 4.43. The van der Waals surface area contributed by atoms with Crippen molar-refractivity contribution in [1.29, 1.82) is 0 Å². The smallest absolute Gasteiger partial charge is 0.363 e. The second kappa shape index (κ2) is 6.97. The molecule has 0 bridgehead atoms. The molecule has 1 heterocycles. The number of aliphatic imine (C=N–C) groups is 1. The predicted octanol–water partition coefficient (Wildman–Crippen LogP) is 5.11. The number of benzene rings is 2. The maximum absolute atomic E-state index is 12.0. The lowest BCUT2D eigenvalue weighted by molar-refractivity contribution is -0.129. The summed E-state index contributed by atoms with van der Waals surface area (Å²) in [6.07, 6.45) is 1.63. The first-order valence-corrected chi connectivity index (χ1v) is 8.34. The molecule has 7 heteroatoms. The van der Waals surface area contributed by atoms with Crippen molar-refractivity contribution in [1.82, 2.24) is 0 Å². The number of rotatable bonds is 3. The van der Waals surface area contributed by atoms with Crippen LogP contribution in [0.15, 0.2) is 51.6 Å². The van der Waals surface area contributed by atoms with E-state index in [0.29, 0.717) is 21.4 Å². The first-order chi connectivity index (χ1) is 11.5. The monoisotopic (exact) mass is 425 g/mol. The van der Waals surface area contributed by atoms with Gasteiger partial charge in [0.15, 0.2) is 5.70 Å². The van der Waals surface area contributed by atoms with Crippen molar-refractivity contribution in [2.24, 2.45) is 4.99 Å². The van der Waals surface area contributed by atoms with E-state index in [9.17, 15) is 4.79 Å². The van der Waals surface area contributed by atoms with Crippen LogP contribution in [0.5, 0.6) is 5.75 Å². The summed E-state index contributed by atoms with van der Waals surface area (Å²) in [5.41, 5.74) is 1.48. The average molecular weight is 427 g/mol. The summed E-state index contributed by atoms with van der Waals surface area (Å²) in [6.45, 7) is 0. The van der Waals surface area contributed by atoms with Crippen LogP contribution in [0.2, 0.25) is 10.0 Å². The van der Waals surface area contributed by atoms with Crippen molar-refractivity contribution in [3.05, 3.63) is 67.7 Å². The van der Waals surface area contributed by atoms with E-state index in [1.807, 2.05) is 12.1 Å². The summed E-state index contributed by atoms with van der Waals surface area (Å²) < 4.78 is 11.2. The molecule has 0 unspecified atom stereocenters. The van der Waals surface area contributed by atoms with Gasteiger partial charge in [-0.25, -0.2) is 9.79 Å². The zero-order valence-electron chi connectivity index (χ0n) is 12.3. The molecule has 0 spiro atoms. The number of halogens is 3. The van der Waals surface area contributed by atoms with Gasteiger partial charge in [-0.05, 0) is 57.9 Å². The molecule has 0 saturated carbocycles. The Balaban J connectivity index is 1.95. The second-order valence-corrected chi connectivity index (χ2v) is 6.55. The van der Waals surface area contributed by atoms with Crippen LogP contribution in [0.25, 0.3) is 6.08 Å². The van der Waals surface area contributed by atoms with E-state index < -0.39 is 5.97 Å². The van der Waals surface area contributed by atoms with Gasteiger partial charge in [0.05, 0.1) is 22.2 Å². The van der Waals surface area contributed by atoms with Crippen LogP contribution < -0.4 is 4.74 Å². The summed E-state index contributed by atoms with van der Waals surface area (Å²) in [4.78, 5) is 16.3. The van der Waals surface area contributed by atoms with E-state index in [-0.39, 0.29) is 11.6 Å². The fourth-order valence-corrected chi connectivity index (χ4v) is 3.17. The van der Waals surface area contributed by atoms with Crippen LogP contribution in [0.1, 0.15) is 11.1 Å². The Morgan fingerprint density at radius 3 is 2.67 bits per heavy atom. The number of carbonyl (C=O) groups is 1. The molecule has 0 aliphatic carbocycles. The minimum Gasteiger partial charge on any atom is -0.496 e. The highest BCUT2D eigenvalue weighted by Crippen LogP contribution is 2.29. The molecule has 4 nitrogen and oxygen atoms in total. The molecule has 3 rings (SSSR count). The Labute approximate surface area is 156 Å². The molecule has 0 N–H and O–H groups in total. The van der Waals surface area contributed by atoms with Crippen LogP contribution in [-0.2, 0) is 9.53 Å². The van der Waals surface area contributed by atoms with Crippen LogP contribution >= 0.6 is 39.1 Å². The third-order valence-electron chi connectivity index (χ3n) is 3.26. The Hall–Kier alpha value is -1.82. The molecule has 24 heavy (non-hydrogen) atoms. The summed E-state index contributed by atoms with van der Waals surface area (Å²) in [6, 6.07) is 10.3. The topological polar surface area (TPSA) is 47.9 Å². The number of ether oxygens (including phenoxy) is 2. The Morgan fingerprint density at radius 2 is 2.00 bits per heavy atom. The van der Waals surface area contributed by atoms with Gasteiger partial charge in [-0.1, -0.05) is 29.3 Å². The van der Waals surface area contributed by atoms with Crippen molar-refractivity contribution in [3.8, 4) is 5.75 Å². The van der Waals surface area contributed by atoms with E-state index >= 15 is 0 Å². The van der Waals surface area contributed by atoms with E-state index in [1.54, 1.807) is 37.5 Å². The van der Waals surface area contributed by atoms with Gasteiger partial charge in [0.25, 0.3) is 0 Å². The number of hydrogen-bond donors (Lipinski definition) is 0. The maximum Gasteiger partial charge on any atom is 0.363 e. The number of nitrogens with zero attached hydrogens (tertiary/aromatic N) is 1. The molecule has 0 atom stereocenters. The molecule has 0 aromatic heterocycles. The van der Waals surface area contributed by atoms with Gasteiger partial charge < -0.3 is 9.47 Å². The highest BCUT2D eigenvalue weighted by Gasteiger charge is 2.25. The molecule has 122 valence electrons. The number of cyclic esters (lactones) is 1. The number of hydrogen-bond acceptors (Lipinski definition) is 4. The van der Waals surface area contributed by atoms with E-state index in [2.05, 4.69) is 20.9 Å². The molecule has 0 amide bonds. The molecule has 1 aliphatic rings. The molecule has 0 saturated heterocycles. The van der Waals surface area contributed by atoms with Gasteiger partial charge in [0.1, 0.15) is 5.75 Å². The van der Waals surface area contributed by atoms with Gasteiger partial charge in [-0.2, -0.15) is 0 Å². The lowest BCUT2D eigenvalue weighted by atomic mass is 10.2. The molecule has 0 radical (unpaired) electrons. The van der Waals surface area contributed by atoms with Crippen molar-refractivity contribution in [2.75, 3.05) is 7.11 Å². The van der Waals surface area contributed by atoms with Crippen molar-refractivity contribution in [2.45, 2.75) is 0 Å². The van der Waals surface area contributed by atoms with Crippen LogP contribution in [0.4, 0.5) is 0 Å². The fraction of sp³-hybridized carbons (Fsp3) is 0.0588. The van der Waals surface area contributed by atoms with Gasteiger partial charge >= 0.3 is 5.97 Å². The van der Waals surface area contributed by atoms with E-state index in [0.717, 1.165) is 10.0 Å². The number of carbonyl (C=O) groups excluding carboxylic acids is 1. The van der Waals surface area contributed by atoms with Gasteiger partial charge in [-0.15, -0.1) is 0 Å². The molecular formula is C17H10BrCl2NO3. The van der Waals surface area contributed by atoms with Crippen molar-refractivity contribution < 1.29 is 14.3 Å². The minimum atomic E-state index is -0.539. The zero-order chi connectivity index (χ0) is 17.3. The number of esters is 1. The van der Waals surface area contributed by atoms with Gasteiger partial charge in [0, 0.05) is 5.02 Å². The molecule has 0 fully saturated rings. The van der Waals surface area contributed by atoms with Gasteiger partial charge in [0.2, 0.25) is 5.90 Å². The van der Waals surface area contributed by atoms with E-state index in [4.69, 9.17) is 32.7 Å². The normalized spacial score (nSPS) is 15.4. The fourth-order valence-electron chi connectivity index (χ4n) is 2.12. The standard InChI is InChI=1S/C17H10BrCl2NO3/c1-23-15-5-2-9(6-12(15)18)7-14-17(22)24-16(21-14)11-4-3-10(19)8-13(11)20/h2-8H,1H3/b14-7-. The highest BCUT2D eigenvalue weighted by molar-refractivity contribution is 9.10. The second-order valence-electron chi connectivity index (χ2n) is 4.85. The lowest BCUT2D eigenvalue weighted by Gasteiger charge is -2.03. The first kappa shape index (κ1) is 17.0. The SMILES string of the molecule is COc1ccc(/C=C2\N=C(c3ccc(Cl)cc3Cl)OC2=O)cc1Br. The summed E-state index contributed by atoms with van der Waals surface area (Å²) >= 11 is 15.4. The van der Waals surface area contributed by atoms with Gasteiger partial charge in [-0.3, -0.25) is 0 Å². The summed E-state index contributed by atoms with van der Waals surface area (Å²) in [5.74, 6) is 0.312. The van der Waals surface area contributed by atoms with Crippen LogP contribution in [0.3, 0.4) is 0 Å². The predicted molar refractivity (Wildman–Crippen MR) is 97.8 cm³/mol. The molecular weight excluding hydrogens is 417 g/mol. The van der Waals surface area contributed by atoms with Crippen LogP contribution in [-0.4, -0.2) is 19.0 Å². The first-order valence-electron chi connectivity index (χ1n) is 6.79. The maximum atomic E-state index is 12.0. The molecule has 2 aromatic rings. The largest absolute Gasteiger partial charge is 0.496 e. The Bertz CT molecular complexity index is 893. The average Bonchev–Trinajstić information content (AvgIpc) is 2.88. The van der Waals surface area contributed by atoms with E-state index in [1.165, 1.54) is 0 Å². The van der Waals surface area contributed by atoms with Crippen LogP contribution in [0, 0.1) is 0 Å².